The third-order valence-electron chi connectivity index (χ3n) is 5.94. The number of hydrogen-bond donors (Lipinski definition) is 2. The van der Waals surface area contributed by atoms with E-state index >= 15 is 0 Å². The van der Waals surface area contributed by atoms with E-state index in [4.69, 9.17) is 14.2 Å². The Bertz CT molecular complexity index is 924. The molecule has 0 radical (unpaired) electrons. The smallest absolute Gasteiger partial charge is 0.306 e. The maximum absolute atomic E-state index is 11.4. The molecule has 6 heteroatoms. The zero-order chi connectivity index (χ0) is 21.8. The van der Waals surface area contributed by atoms with Crippen LogP contribution in [0.3, 0.4) is 0 Å². The fraction of sp³-hybridized carbons (Fsp3) is 0.480. The number of carboxylic acids is 1. The summed E-state index contributed by atoms with van der Waals surface area (Å²) in [6.45, 7) is 5.69. The lowest BCUT2D eigenvalue weighted by Crippen LogP contribution is -2.35. The Kier molecular flexibility index (Phi) is 6.78. The number of nitrogens with one attached hydrogen (secondary N) is 1. The minimum absolute atomic E-state index is 0.305. The number of anilines is 1. The normalized spacial score (nSPS) is 21.0. The van der Waals surface area contributed by atoms with E-state index in [2.05, 4.69) is 30.4 Å². The Morgan fingerprint density at radius 3 is 2.77 bits per heavy atom. The highest BCUT2D eigenvalue weighted by atomic mass is 16.5. The van der Waals surface area contributed by atoms with Crippen LogP contribution in [0.15, 0.2) is 36.4 Å². The molecule has 1 saturated carbocycles. The first-order valence-corrected chi connectivity index (χ1v) is 11.1. The van der Waals surface area contributed by atoms with Crippen LogP contribution in [0, 0.1) is 12.8 Å². The van der Waals surface area contributed by atoms with Crippen molar-refractivity contribution in [3.63, 3.8) is 0 Å². The summed E-state index contributed by atoms with van der Waals surface area (Å²) >= 11 is 0. The SMILES string of the molecule is CCOc1cccc(-c2ccc(NC3CC(C(=O)O)CCO3)cc2COC2CC2)c1C. The number of aliphatic carboxylic acids is 1. The van der Waals surface area contributed by atoms with Crippen molar-refractivity contribution >= 4 is 11.7 Å². The Labute approximate surface area is 183 Å². The molecule has 1 saturated heterocycles. The molecule has 2 fully saturated rings. The first-order valence-electron chi connectivity index (χ1n) is 11.1. The number of rotatable bonds is 9. The molecule has 0 spiro atoms. The monoisotopic (exact) mass is 425 g/mol. The molecular weight excluding hydrogens is 394 g/mol. The second kappa shape index (κ2) is 9.71. The molecule has 2 unspecified atom stereocenters. The van der Waals surface area contributed by atoms with E-state index in [9.17, 15) is 9.90 Å². The van der Waals surface area contributed by atoms with Crippen LogP contribution in [0.25, 0.3) is 11.1 Å². The molecule has 1 aliphatic carbocycles. The Morgan fingerprint density at radius 2 is 2.03 bits per heavy atom. The predicted molar refractivity (Wildman–Crippen MR) is 119 cm³/mol. The molecule has 2 atom stereocenters. The summed E-state index contributed by atoms with van der Waals surface area (Å²) in [7, 11) is 0. The van der Waals surface area contributed by atoms with E-state index in [0.717, 1.165) is 46.5 Å². The molecule has 6 nitrogen and oxygen atoms in total. The highest BCUT2D eigenvalue weighted by molar-refractivity contribution is 5.75. The van der Waals surface area contributed by atoms with Gasteiger partial charge in [0.2, 0.25) is 0 Å². The van der Waals surface area contributed by atoms with Gasteiger partial charge in [-0.05, 0) is 73.6 Å². The van der Waals surface area contributed by atoms with Gasteiger partial charge in [-0.2, -0.15) is 0 Å². The molecule has 2 aliphatic rings. The van der Waals surface area contributed by atoms with Crippen LogP contribution in [-0.2, 0) is 20.9 Å². The van der Waals surface area contributed by atoms with Crippen LogP contribution in [-0.4, -0.2) is 36.6 Å². The zero-order valence-corrected chi connectivity index (χ0v) is 18.2. The molecule has 0 amide bonds. The van der Waals surface area contributed by atoms with E-state index in [0.29, 0.717) is 38.8 Å². The van der Waals surface area contributed by atoms with E-state index < -0.39 is 5.97 Å². The zero-order valence-electron chi connectivity index (χ0n) is 18.2. The van der Waals surface area contributed by atoms with Gasteiger partial charge in [-0.25, -0.2) is 0 Å². The van der Waals surface area contributed by atoms with Crippen LogP contribution in [0.5, 0.6) is 5.75 Å². The number of carboxylic acid groups (broad SMARTS) is 1. The second-order valence-corrected chi connectivity index (χ2v) is 8.31. The van der Waals surface area contributed by atoms with Gasteiger partial charge in [-0.3, -0.25) is 4.79 Å². The molecule has 4 rings (SSSR count). The minimum atomic E-state index is -0.756. The summed E-state index contributed by atoms with van der Waals surface area (Å²) in [5.74, 6) is -0.229. The average Bonchev–Trinajstić information content (AvgIpc) is 3.59. The van der Waals surface area contributed by atoms with Gasteiger partial charge >= 0.3 is 5.97 Å². The first-order chi connectivity index (χ1) is 15.0. The van der Waals surface area contributed by atoms with Crippen molar-refractivity contribution in [2.75, 3.05) is 18.5 Å². The predicted octanol–water partition coefficient (Wildman–Crippen LogP) is 4.99. The Balaban J connectivity index is 1.59. The van der Waals surface area contributed by atoms with Crippen molar-refractivity contribution < 1.29 is 24.1 Å². The summed E-state index contributed by atoms with van der Waals surface area (Å²) in [4.78, 5) is 11.4. The van der Waals surface area contributed by atoms with Gasteiger partial charge in [-0.15, -0.1) is 0 Å². The average molecular weight is 426 g/mol. The second-order valence-electron chi connectivity index (χ2n) is 8.31. The summed E-state index contributed by atoms with van der Waals surface area (Å²) < 4.78 is 17.6. The number of hydrogen-bond acceptors (Lipinski definition) is 5. The molecule has 0 bridgehead atoms. The largest absolute Gasteiger partial charge is 0.494 e. The third-order valence-corrected chi connectivity index (χ3v) is 5.94. The lowest BCUT2D eigenvalue weighted by molar-refractivity contribution is -0.146. The topological polar surface area (TPSA) is 77.0 Å². The maximum Gasteiger partial charge on any atom is 0.306 e. The van der Waals surface area contributed by atoms with Crippen molar-refractivity contribution in [2.24, 2.45) is 5.92 Å². The van der Waals surface area contributed by atoms with Crippen molar-refractivity contribution in [2.45, 2.75) is 58.5 Å². The fourth-order valence-corrected chi connectivity index (χ4v) is 4.03. The summed E-state index contributed by atoms with van der Waals surface area (Å²) in [5.41, 5.74) is 5.37. The molecule has 2 aromatic carbocycles. The van der Waals surface area contributed by atoms with Gasteiger partial charge in [0.05, 0.1) is 25.2 Å². The van der Waals surface area contributed by atoms with Crippen LogP contribution >= 0.6 is 0 Å². The Hall–Kier alpha value is -2.57. The third kappa shape index (κ3) is 5.38. The van der Waals surface area contributed by atoms with E-state index in [1.807, 2.05) is 25.1 Å². The summed E-state index contributed by atoms with van der Waals surface area (Å²) in [5, 5.41) is 12.7. The van der Waals surface area contributed by atoms with E-state index in [-0.39, 0.29) is 12.1 Å². The van der Waals surface area contributed by atoms with Crippen LogP contribution < -0.4 is 10.1 Å². The molecule has 166 valence electrons. The van der Waals surface area contributed by atoms with Gasteiger partial charge in [0.1, 0.15) is 12.0 Å². The van der Waals surface area contributed by atoms with Crippen LogP contribution in [0.2, 0.25) is 0 Å². The van der Waals surface area contributed by atoms with Crippen molar-refractivity contribution in [3.05, 3.63) is 47.5 Å². The standard InChI is InChI=1S/C25H31NO5/c1-3-29-23-6-4-5-21(16(23)2)22-10-7-19(13-18(22)15-31-20-8-9-20)26-24-14-17(25(27)28)11-12-30-24/h4-7,10,13,17,20,24,26H,3,8-9,11-12,14-15H2,1-2H3,(H,27,28). The van der Waals surface area contributed by atoms with E-state index in [1.165, 1.54) is 0 Å². The number of benzene rings is 2. The minimum Gasteiger partial charge on any atom is -0.494 e. The molecule has 31 heavy (non-hydrogen) atoms. The molecule has 2 N–H and O–H groups in total. The van der Waals surface area contributed by atoms with E-state index in [1.54, 1.807) is 0 Å². The molecule has 1 aliphatic heterocycles. The van der Waals surface area contributed by atoms with Crippen molar-refractivity contribution in [1.29, 1.82) is 0 Å². The van der Waals surface area contributed by atoms with Gasteiger partial charge in [0, 0.05) is 18.7 Å². The Morgan fingerprint density at radius 1 is 1.19 bits per heavy atom. The lowest BCUT2D eigenvalue weighted by atomic mass is 9.95. The molecule has 2 aromatic rings. The number of ether oxygens (including phenoxy) is 3. The molecular formula is C25H31NO5. The fourth-order valence-electron chi connectivity index (χ4n) is 4.03. The summed E-state index contributed by atoms with van der Waals surface area (Å²) in [6, 6.07) is 12.4. The number of carbonyl (C=O) groups is 1. The first kappa shape index (κ1) is 21.7. The molecule has 0 aromatic heterocycles. The summed E-state index contributed by atoms with van der Waals surface area (Å²) in [6.07, 6.45) is 3.32. The maximum atomic E-state index is 11.4. The highest BCUT2D eigenvalue weighted by Crippen LogP contribution is 2.35. The van der Waals surface area contributed by atoms with Gasteiger partial charge < -0.3 is 24.6 Å². The van der Waals surface area contributed by atoms with Gasteiger partial charge in [-0.1, -0.05) is 18.2 Å². The van der Waals surface area contributed by atoms with Gasteiger partial charge in [0.25, 0.3) is 0 Å². The van der Waals surface area contributed by atoms with Crippen molar-refractivity contribution in [1.82, 2.24) is 0 Å². The highest BCUT2D eigenvalue weighted by Gasteiger charge is 2.28. The van der Waals surface area contributed by atoms with Crippen molar-refractivity contribution in [3.8, 4) is 16.9 Å². The van der Waals surface area contributed by atoms with Crippen LogP contribution in [0.4, 0.5) is 5.69 Å². The van der Waals surface area contributed by atoms with Crippen LogP contribution in [0.1, 0.15) is 43.7 Å². The lowest BCUT2D eigenvalue weighted by Gasteiger charge is -2.29. The molecule has 1 heterocycles. The van der Waals surface area contributed by atoms with Gasteiger partial charge in [0.15, 0.2) is 0 Å². The quantitative estimate of drug-likeness (QED) is 0.589.